The molecule has 0 bridgehead atoms. The molecule has 2 aromatic carbocycles. The van der Waals surface area contributed by atoms with Crippen LogP contribution in [0.3, 0.4) is 0 Å². The lowest BCUT2D eigenvalue weighted by Crippen LogP contribution is -2.41. The number of nitrogens with one attached hydrogen (secondary N) is 2. The van der Waals surface area contributed by atoms with Crippen molar-refractivity contribution in [3.8, 4) is 0 Å². The predicted molar refractivity (Wildman–Crippen MR) is 91.3 cm³/mol. The van der Waals surface area contributed by atoms with Crippen LogP contribution in [-0.4, -0.2) is 20.4 Å². The fraction of sp³-hybridized carbons (Fsp3) is 0.133. The Labute approximate surface area is 148 Å². The molecule has 0 aliphatic heterocycles. The van der Waals surface area contributed by atoms with Gasteiger partial charge in [-0.25, -0.2) is 12.8 Å². The van der Waals surface area contributed by atoms with Gasteiger partial charge in [0.2, 0.25) is 15.9 Å². The zero-order valence-corrected chi connectivity index (χ0v) is 14.7. The molecule has 0 heterocycles. The Bertz CT molecular complexity index is 858. The van der Waals surface area contributed by atoms with Crippen molar-refractivity contribution >= 4 is 44.8 Å². The minimum atomic E-state index is -3.96. The van der Waals surface area contributed by atoms with Crippen molar-refractivity contribution in [2.75, 3.05) is 5.32 Å². The lowest BCUT2D eigenvalue weighted by molar-refractivity contribution is -0.117. The second-order valence-electron chi connectivity index (χ2n) is 4.91. The first-order valence-electron chi connectivity index (χ1n) is 6.73. The van der Waals surface area contributed by atoms with Crippen LogP contribution in [0.4, 0.5) is 10.1 Å². The lowest BCUT2D eigenvalue weighted by atomic mass is 10.3. The molecule has 5 nitrogen and oxygen atoms in total. The maximum Gasteiger partial charge on any atom is 0.242 e. The summed E-state index contributed by atoms with van der Waals surface area (Å²) in [6, 6.07) is 7.68. The minimum Gasteiger partial charge on any atom is -0.323 e. The van der Waals surface area contributed by atoms with Crippen LogP contribution in [-0.2, 0) is 14.8 Å². The van der Waals surface area contributed by atoms with E-state index in [1.54, 1.807) is 0 Å². The SMILES string of the molecule is CC(NS(=O)(=O)c1ccc(F)cc1)C(=O)Nc1ccc(Cl)cc1Cl. The zero-order valence-electron chi connectivity index (χ0n) is 12.4. The van der Waals surface area contributed by atoms with E-state index in [1.165, 1.54) is 25.1 Å². The number of benzene rings is 2. The first-order valence-corrected chi connectivity index (χ1v) is 8.97. The lowest BCUT2D eigenvalue weighted by Gasteiger charge is -2.15. The van der Waals surface area contributed by atoms with Crippen LogP contribution < -0.4 is 10.0 Å². The van der Waals surface area contributed by atoms with Gasteiger partial charge in [-0.1, -0.05) is 23.2 Å². The summed E-state index contributed by atoms with van der Waals surface area (Å²) in [5, 5.41) is 3.14. The Hall–Kier alpha value is -1.67. The first-order chi connectivity index (χ1) is 11.2. The van der Waals surface area contributed by atoms with Crippen LogP contribution in [0.2, 0.25) is 10.0 Å². The summed E-state index contributed by atoms with van der Waals surface area (Å²) in [6.45, 7) is 1.38. The van der Waals surface area contributed by atoms with Crippen molar-refractivity contribution in [2.24, 2.45) is 0 Å². The van der Waals surface area contributed by atoms with Crippen molar-refractivity contribution in [2.45, 2.75) is 17.9 Å². The molecular weight excluding hydrogens is 378 g/mol. The fourth-order valence-electron chi connectivity index (χ4n) is 1.80. The Morgan fingerprint density at radius 2 is 1.75 bits per heavy atom. The van der Waals surface area contributed by atoms with Crippen LogP contribution in [0, 0.1) is 5.82 Å². The maximum absolute atomic E-state index is 12.9. The van der Waals surface area contributed by atoms with Crippen molar-refractivity contribution in [3.05, 3.63) is 58.3 Å². The van der Waals surface area contributed by atoms with Crippen LogP contribution in [0.1, 0.15) is 6.92 Å². The van der Waals surface area contributed by atoms with Crippen molar-refractivity contribution in [1.82, 2.24) is 4.72 Å². The molecule has 0 aromatic heterocycles. The number of hydrogen-bond acceptors (Lipinski definition) is 3. The van der Waals surface area contributed by atoms with Crippen LogP contribution in [0.15, 0.2) is 47.4 Å². The minimum absolute atomic E-state index is 0.145. The number of amides is 1. The molecular formula is C15H13Cl2FN2O3S. The number of rotatable bonds is 5. The van der Waals surface area contributed by atoms with Gasteiger partial charge >= 0.3 is 0 Å². The second kappa shape index (κ2) is 7.48. The van der Waals surface area contributed by atoms with Gasteiger partial charge in [0.15, 0.2) is 0 Å². The summed E-state index contributed by atoms with van der Waals surface area (Å²) >= 11 is 11.7. The summed E-state index contributed by atoms with van der Waals surface area (Å²) in [4.78, 5) is 12.0. The normalized spacial score (nSPS) is 12.7. The Morgan fingerprint density at radius 3 is 2.33 bits per heavy atom. The highest BCUT2D eigenvalue weighted by molar-refractivity contribution is 7.89. The molecule has 1 unspecified atom stereocenters. The number of carbonyl (C=O) groups is 1. The quantitative estimate of drug-likeness (QED) is 0.820. The van der Waals surface area contributed by atoms with Crippen molar-refractivity contribution in [1.29, 1.82) is 0 Å². The smallest absolute Gasteiger partial charge is 0.242 e. The molecule has 0 radical (unpaired) electrons. The van der Waals surface area contributed by atoms with Gasteiger partial charge in [0.25, 0.3) is 0 Å². The van der Waals surface area contributed by atoms with Crippen LogP contribution in [0.25, 0.3) is 0 Å². The van der Waals surface area contributed by atoms with E-state index in [9.17, 15) is 17.6 Å². The number of anilines is 1. The summed E-state index contributed by atoms with van der Waals surface area (Å²) in [7, 11) is -3.96. The summed E-state index contributed by atoms with van der Waals surface area (Å²) in [5.41, 5.74) is 0.305. The molecule has 1 atom stereocenters. The van der Waals surface area contributed by atoms with Crippen molar-refractivity contribution in [3.63, 3.8) is 0 Å². The Balaban J connectivity index is 2.09. The number of halogens is 3. The Kier molecular flexibility index (Phi) is 5.82. The molecule has 0 saturated carbocycles. The third-order valence-electron chi connectivity index (χ3n) is 3.04. The Morgan fingerprint density at radius 1 is 1.12 bits per heavy atom. The van der Waals surface area contributed by atoms with Gasteiger partial charge in [-0.15, -0.1) is 0 Å². The molecule has 0 aliphatic rings. The van der Waals surface area contributed by atoms with Gasteiger partial charge < -0.3 is 5.32 Å². The highest BCUT2D eigenvalue weighted by atomic mass is 35.5. The molecule has 9 heteroatoms. The van der Waals surface area contributed by atoms with E-state index in [0.29, 0.717) is 10.7 Å². The van der Waals surface area contributed by atoms with E-state index >= 15 is 0 Å². The summed E-state index contributed by atoms with van der Waals surface area (Å²) in [5.74, 6) is -1.16. The molecule has 1 amide bonds. The molecule has 0 aliphatic carbocycles. The van der Waals surface area contributed by atoms with Gasteiger partial charge in [0.05, 0.1) is 21.6 Å². The molecule has 24 heavy (non-hydrogen) atoms. The van der Waals surface area contributed by atoms with E-state index in [-0.39, 0.29) is 9.92 Å². The summed E-state index contributed by atoms with van der Waals surface area (Å²) in [6.07, 6.45) is 0. The van der Waals surface area contributed by atoms with Crippen LogP contribution >= 0.6 is 23.2 Å². The number of hydrogen-bond donors (Lipinski definition) is 2. The molecule has 128 valence electrons. The average Bonchev–Trinajstić information content (AvgIpc) is 2.50. The standard InChI is InChI=1S/C15H13Cl2FN2O3S/c1-9(15(21)19-14-7-2-10(16)8-13(14)17)20-24(22,23)12-5-3-11(18)4-6-12/h2-9,20H,1H3,(H,19,21). The summed E-state index contributed by atoms with van der Waals surface area (Å²) < 4.78 is 39.4. The van der Waals surface area contributed by atoms with E-state index in [4.69, 9.17) is 23.2 Å². The fourth-order valence-corrected chi connectivity index (χ4v) is 3.46. The molecule has 0 fully saturated rings. The van der Waals surface area contributed by atoms with Gasteiger partial charge in [-0.05, 0) is 49.4 Å². The van der Waals surface area contributed by atoms with Crippen LogP contribution in [0.5, 0.6) is 0 Å². The predicted octanol–water partition coefficient (Wildman–Crippen LogP) is 3.44. The molecule has 0 saturated heterocycles. The van der Waals surface area contributed by atoms with Gasteiger partial charge in [0.1, 0.15) is 5.82 Å². The van der Waals surface area contributed by atoms with Gasteiger partial charge in [-0.3, -0.25) is 4.79 Å². The topological polar surface area (TPSA) is 75.3 Å². The molecule has 0 spiro atoms. The second-order valence-corrected chi connectivity index (χ2v) is 7.47. The first kappa shape index (κ1) is 18.7. The monoisotopic (exact) mass is 390 g/mol. The van der Waals surface area contributed by atoms with Gasteiger partial charge in [-0.2, -0.15) is 4.72 Å². The third kappa shape index (κ3) is 4.67. The van der Waals surface area contributed by atoms with E-state index < -0.39 is 27.8 Å². The van der Waals surface area contributed by atoms with Crippen molar-refractivity contribution < 1.29 is 17.6 Å². The van der Waals surface area contributed by atoms with E-state index in [0.717, 1.165) is 24.3 Å². The van der Waals surface area contributed by atoms with Gasteiger partial charge in [0, 0.05) is 5.02 Å². The number of sulfonamides is 1. The highest BCUT2D eigenvalue weighted by Gasteiger charge is 2.22. The third-order valence-corrected chi connectivity index (χ3v) is 5.14. The highest BCUT2D eigenvalue weighted by Crippen LogP contribution is 2.25. The number of carbonyl (C=O) groups excluding carboxylic acids is 1. The maximum atomic E-state index is 12.9. The molecule has 2 aromatic rings. The molecule has 2 N–H and O–H groups in total. The molecule has 2 rings (SSSR count). The largest absolute Gasteiger partial charge is 0.323 e. The average molecular weight is 391 g/mol. The van der Waals surface area contributed by atoms with E-state index in [2.05, 4.69) is 10.0 Å². The van der Waals surface area contributed by atoms with E-state index in [1.807, 2.05) is 0 Å². The zero-order chi connectivity index (χ0) is 17.9.